The summed E-state index contributed by atoms with van der Waals surface area (Å²) in [6.07, 6.45) is -0.679. The number of amides is 1. The lowest BCUT2D eigenvalue weighted by Crippen LogP contribution is -2.30. The summed E-state index contributed by atoms with van der Waals surface area (Å²) in [5, 5.41) is 3.28. The number of Topliss-reactive ketones (excluding diaryl/α,β-unsaturated/α-hetero) is 1. The molecule has 1 atom stereocenters. The molecule has 0 aliphatic heterocycles. The summed E-state index contributed by atoms with van der Waals surface area (Å²) < 4.78 is 5.56. The van der Waals surface area contributed by atoms with Gasteiger partial charge in [0, 0.05) is 16.3 Å². The Hall–Kier alpha value is -2.33. The number of ketones is 1. The van der Waals surface area contributed by atoms with Gasteiger partial charge in [-0.25, -0.2) is 0 Å². The lowest BCUT2D eigenvalue weighted by atomic mass is 10.1. The molecule has 1 amide bonds. The third kappa shape index (κ3) is 4.33. The van der Waals surface area contributed by atoms with Crippen LogP contribution in [0.3, 0.4) is 0 Å². The third-order valence-electron chi connectivity index (χ3n) is 3.04. The normalized spacial score (nSPS) is 11.6. The van der Waals surface area contributed by atoms with Crippen LogP contribution in [0.25, 0.3) is 0 Å². The Labute approximate surface area is 134 Å². The van der Waals surface area contributed by atoms with Crippen molar-refractivity contribution in [2.75, 3.05) is 5.32 Å². The van der Waals surface area contributed by atoms with Crippen molar-refractivity contribution < 1.29 is 14.3 Å². The van der Waals surface area contributed by atoms with Gasteiger partial charge in [-0.1, -0.05) is 17.7 Å². The number of anilines is 1. The van der Waals surface area contributed by atoms with Gasteiger partial charge >= 0.3 is 0 Å². The van der Waals surface area contributed by atoms with E-state index in [0.29, 0.717) is 22.0 Å². The van der Waals surface area contributed by atoms with Gasteiger partial charge in [-0.05, 0) is 56.3 Å². The summed E-state index contributed by atoms with van der Waals surface area (Å²) in [7, 11) is 0. The fraction of sp³-hybridized carbons (Fsp3) is 0.176. The number of benzene rings is 2. The molecule has 0 saturated heterocycles. The second kappa shape index (κ2) is 7.09. The number of rotatable bonds is 5. The second-order valence-corrected chi connectivity index (χ2v) is 5.28. The maximum absolute atomic E-state index is 12.1. The lowest BCUT2D eigenvalue weighted by Gasteiger charge is -2.15. The van der Waals surface area contributed by atoms with Crippen LogP contribution in [0.4, 0.5) is 5.69 Å². The molecule has 22 heavy (non-hydrogen) atoms. The molecule has 0 aliphatic rings. The summed E-state index contributed by atoms with van der Waals surface area (Å²) in [6, 6.07) is 13.6. The van der Waals surface area contributed by atoms with Crippen molar-refractivity contribution in [1.82, 2.24) is 0 Å². The minimum atomic E-state index is -0.679. The molecular formula is C17H16ClNO3. The first-order valence-electron chi connectivity index (χ1n) is 6.80. The monoisotopic (exact) mass is 317 g/mol. The van der Waals surface area contributed by atoms with Crippen molar-refractivity contribution in [3.8, 4) is 5.75 Å². The van der Waals surface area contributed by atoms with Crippen LogP contribution in [-0.4, -0.2) is 17.8 Å². The van der Waals surface area contributed by atoms with E-state index in [0.717, 1.165) is 0 Å². The molecule has 114 valence electrons. The number of nitrogens with one attached hydrogen (secondary N) is 1. The summed E-state index contributed by atoms with van der Waals surface area (Å²) in [5.74, 6) is 0.231. The van der Waals surface area contributed by atoms with Gasteiger partial charge in [0.25, 0.3) is 5.91 Å². The van der Waals surface area contributed by atoms with E-state index >= 15 is 0 Å². The topological polar surface area (TPSA) is 55.4 Å². The van der Waals surface area contributed by atoms with Crippen molar-refractivity contribution in [2.45, 2.75) is 20.0 Å². The van der Waals surface area contributed by atoms with Crippen LogP contribution in [0, 0.1) is 0 Å². The van der Waals surface area contributed by atoms with E-state index in [1.165, 1.54) is 6.92 Å². The van der Waals surface area contributed by atoms with Crippen LogP contribution in [0.5, 0.6) is 5.75 Å². The summed E-state index contributed by atoms with van der Waals surface area (Å²) in [5.41, 5.74) is 1.21. The van der Waals surface area contributed by atoms with E-state index in [-0.39, 0.29) is 11.7 Å². The average Bonchev–Trinajstić information content (AvgIpc) is 2.47. The first kappa shape index (κ1) is 16.0. The van der Waals surface area contributed by atoms with E-state index in [1.54, 1.807) is 55.5 Å². The van der Waals surface area contributed by atoms with E-state index in [1.807, 2.05) is 0 Å². The number of carbonyl (C=O) groups is 2. The molecule has 0 heterocycles. The summed E-state index contributed by atoms with van der Waals surface area (Å²) in [6.45, 7) is 3.15. The molecule has 4 nitrogen and oxygen atoms in total. The minimum Gasteiger partial charge on any atom is -0.481 e. The Morgan fingerprint density at radius 3 is 2.41 bits per heavy atom. The molecule has 2 aromatic carbocycles. The van der Waals surface area contributed by atoms with E-state index in [9.17, 15) is 9.59 Å². The molecule has 0 fully saturated rings. The molecule has 5 heteroatoms. The highest BCUT2D eigenvalue weighted by molar-refractivity contribution is 6.30. The second-order valence-electron chi connectivity index (χ2n) is 4.84. The van der Waals surface area contributed by atoms with Gasteiger partial charge in [0.15, 0.2) is 11.9 Å². The maximum Gasteiger partial charge on any atom is 0.265 e. The van der Waals surface area contributed by atoms with E-state index < -0.39 is 6.10 Å². The van der Waals surface area contributed by atoms with Crippen LogP contribution < -0.4 is 10.1 Å². The van der Waals surface area contributed by atoms with Gasteiger partial charge < -0.3 is 10.1 Å². The highest BCUT2D eigenvalue weighted by Crippen LogP contribution is 2.17. The Bertz CT molecular complexity index is 683. The van der Waals surface area contributed by atoms with Crippen molar-refractivity contribution >= 4 is 29.0 Å². The molecule has 0 aliphatic carbocycles. The van der Waals surface area contributed by atoms with Crippen molar-refractivity contribution in [3.05, 3.63) is 59.1 Å². The highest BCUT2D eigenvalue weighted by Gasteiger charge is 2.15. The quantitative estimate of drug-likeness (QED) is 0.850. The van der Waals surface area contributed by atoms with Crippen LogP contribution in [-0.2, 0) is 4.79 Å². The predicted molar refractivity (Wildman–Crippen MR) is 86.6 cm³/mol. The molecule has 1 N–H and O–H groups in total. The number of hydrogen-bond acceptors (Lipinski definition) is 3. The molecule has 2 aromatic rings. The predicted octanol–water partition coefficient (Wildman–Crippen LogP) is 3.95. The molecule has 0 aromatic heterocycles. The number of halogens is 1. The minimum absolute atomic E-state index is 0.0155. The SMILES string of the molecule is CC(=O)c1ccc(OC(C)C(=O)Nc2cccc(Cl)c2)cc1. The summed E-state index contributed by atoms with van der Waals surface area (Å²) >= 11 is 5.87. The van der Waals surface area contributed by atoms with Gasteiger partial charge in [0.05, 0.1) is 0 Å². The first-order chi connectivity index (χ1) is 10.5. The number of ether oxygens (including phenoxy) is 1. The molecule has 0 bridgehead atoms. The Balaban J connectivity index is 1.97. The zero-order valence-corrected chi connectivity index (χ0v) is 13.1. The van der Waals surface area contributed by atoms with Crippen molar-refractivity contribution in [2.24, 2.45) is 0 Å². The third-order valence-corrected chi connectivity index (χ3v) is 3.27. The average molecular weight is 318 g/mol. The van der Waals surface area contributed by atoms with Crippen LogP contribution >= 0.6 is 11.6 Å². The van der Waals surface area contributed by atoms with E-state index in [4.69, 9.17) is 16.3 Å². The number of carbonyl (C=O) groups excluding carboxylic acids is 2. The van der Waals surface area contributed by atoms with Crippen molar-refractivity contribution in [1.29, 1.82) is 0 Å². The molecule has 0 radical (unpaired) electrons. The molecule has 0 spiro atoms. The molecule has 1 unspecified atom stereocenters. The maximum atomic E-state index is 12.1. The van der Waals surface area contributed by atoms with Gasteiger partial charge in [0.1, 0.15) is 5.75 Å². The largest absolute Gasteiger partial charge is 0.481 e. The zero-order chi connectivity index (χ0) is 16.1. The van der Waals surface area contributed by atoms with Crippen LogP contribution in [0.2, 0.25) is 5.02 Å². The standard InChI is InChI=1S/C17H16ClNO3/c1-11(20)13-6-8-16(9-7-13)22-12(2)17(21)19-15-5-3-4-14(18)10-15/h3-10,12H,1-2H3,(H,19,21). The van der Waals surface area contributed by atoms with Crippen molar-refractivity contribution in [3.63, 3.8) is 0 Å². The number of hydrogen-bond donors (Lipinski definition) is 1. The van der Waals surface area contributed by atoms with Crippen LogP contribution in [0.15, 0.2) is 48.5 Å². The first-order valence-corrected chi connectivity index (χ1v) is 7.17. The smallest absolute Gasteiger partial charge is 0.265 e. The van der Waals surface area contributed by atoms with Gasteiger partial charge in [-0.3, -0.25) is 9.59 Å². The van der Waals surface area contributed by atoms with Crippen LogP contribution in [0.1, 0.15) is 24.2 Å². The Morgan fingerprint density at radius 2 is 1.82 bits per heavy atom. The van der Waals surface area contributed by atoms with Gasteiger partial charge in [-0.15, -0.1) is 0 Å². The fourth-order valence-corrected chi connectivity index (χ4v) is 2.03. The fourth-order valence-electron chi connectivity index (χ4n) is 1.84. The Kier molecular flexibility index (Phi) is 5.17. The van der Waals surface area contributed by atoms with Gasteiger partial charge in [-0.2, -0.15) is 0 Å². The zero-order valence-electron chi connectivity index (χ0n) is 12.3. The Morgan fingerprint density at radius 1 is 1.14 bits per heavy atom. The summed E-state index contributed by atoms with van der Waals surface area (Å²) in [4.78, 5) is 23.3. The van der Waals surface area contributed by atoms with Gasteiger partial charge in [0.2, 0.25) is 0 Å². The molecular weight excluding hydrogens is 302 g/mol. The molecule has 2 rings (SSSR count). The molecule has 0 saturated carbocycles. The lowest BCUT2D eigenvalue weighted by molar-refractivity contribution is -0.122. The van der Waals surface area contributed by atoms with E-state index in [2.05, 4.69) is 5.32 Å². The highest BCUT2D eigenvalue weighted by atomic mass is 35.5.